The number of rotatable bonds is 5. The lowest BCUT2D eigenvalue weighted by Crippen LogP contribution is -2.35. The number of aryl methyl sites for hydroxylation is 2. The van der Waals surface area contributed by atoms with E-state index in [1.807, 2.05) is 36.9 Å². The molecular weight excluding hydrogens is 441 g/mol. The van der Waals surface area contributed by atoms with Gasteiger partial charge in [-0.25, -0.2) is 4.39 Å². The van der Waals surface area contributed by atoms with E-state index < -0.39 is 0 Å². The molecule has 7 nitrogen and oxygen atoms in total. The Kier molecular flexibility index (Phi) is 5.67. The van der Waals surface area contributed by atoms with Crippen molar-refractivity contribution >= 4 is 11.8 Å². The summed E-state index contributed by atoms with van der Waals surface area (Å²) < 4.78 is 23.3. The summed E-state index contributed by atoms with van der Waals surface area (Å²) in [6.45, 7) is 3.93. The molecule has 5 rings (SSSR count). The Morgan fingerprint density at radius 2 is 2.03 bits per heavy atom. The van der Waals surface area contributed by atoms with Crippen LogP contribution in [0.25, 0.3) is 11.1 Å². The fraction of sp³-hybridized carbons (Fsp3) is 0.292. The van der Waals surface area contributed by atoms with Crippen molar-refractivity contribution in [3.05, 3.63) is 81.5 Å². The molecule has 0 unspecified atom stereocenters. The fourth-order valence-corrected chi connectivity index (χ4v) is 4.96. The minimum Gasteiger partial charge on any atom is -0.453 e. The largest absolute Gasteiger partial charge is 0.453 e. The molecule has 33 heavy (non-hydrogen) atoms. The lowest BCUT2D eigenvalue weighted by atomic mass is 9.98. The van der Waals surface area contributed by atoms with Gasteiger partial charge < -0.3 is 13.6 Å². The van der Waals surface area contributed by atoms with Gasteiger partial charge in [0.25, 0.3) is 5.56 Å². The first kappa shape index (κ1) is 21.7. The third-order valence-corrected chi connectivity index (χ3v) is 7.01. The van der Waals surface area contributed by atoms with Crippen molar-refractivity contribution in [1.82, 2.24) is 24.2 Å². The Bertz CT molecular complexity index is 1390. The van der Waals surface area contributed by atoms with Crippen LogP contribution in [-0.2, 0) is 33.6 Å². The maximum Gasteiger partial charge on any atom is 0.258 e. The highest BCUT2D eigenvalue weighted by molar-refractivity contribution is 7.99. The molecule has 0 saturated heterocycles. The summed E-state index contributed by atoms with van der Waals surface area (Å²) in [5, 5.41) is 9.51. The number of pyridine rings is 1. The van der Waals surface area contributed by atoms with Gasteiger partial charge in [0.05, 0.1) is 6.54 Å². The number of aromatic nitrogens is 4. The van der Waals surface area contributed by atoms with Gasteiger partial charge in [0.2, 0.25) is 0 Å². The van der Waals surface area contributed by atoms with E-state index in [4.69, 9.17) is 4.42 Å². The number of halogens is 1. The van der Waals surface area contributed by atoms with Crippen molar-refractivity contribution in [3.8, 4) is 11.1 Å². The number of furan rings is 1. The molecule has 3 aromatic heterocycles. The zero-order chi connectivity index (χ0) is 23.1. The van der Waals surface area contributed by atoms with Crippen LogP contribution in [0.1, 0.15) is 22.6 Å². The summed E-state index contributed by atoms with van der Waals surface area (Å²) in [6, 6.07) is 10.7. The number of hydrogen-bond acceptors (Lipinski definition) is 6. The van der Waals surface area contributed by atoms with E-state index >= 15 is 0 Å². The molecule has 4 aromatic rings. The van der Waals surface area contributed by atoms with Crippen LogP contribution in [0.2, 0.25) is 0 Å². The average Bonchev–Trinajstić information content (AvgIpc) is 3.41. The lowest BCUT2D eigenvalue weighted by molar-refractivity contribution is 0.216. The van der Waals surface area contributed by atoms with E-state index in [1.165, 1.54) is 17.8 Å². The fourth-order valence-electron chi connectivity index (χ4n) is 4.21. The summed E-state index contributed by atoms with van der Waals surface area (Å²) in [5.74, 6) is 0.609. The summed E-state index contributed by atoms with van der Waals surface area (Å²) in [5.41, 5.74) is 3.98. The minimum absolute atomic E-state index is 0.0512. The van der Waals surface area contributed by atoms with Crippen LogP contribution in [0.4, 0.5) is 4.39 Å². The van der Waals surface area contributed by atoms with Gasteiger partial charge in [0, 0.05) is 44.9 Å². The monoisotopic (exact) mass is 465 g/mol. The zero-order valence-corrected chi connectivity index (χ0v) is 19.5. The van der Waals surface area contributed by atoms with Crippen LogP contribution in [-0.4, -0.2) is 30.8 Å². The van der Waals surface area contributed by atoms with Crippen molar-refractivity contribution in [2.75, 3.05) is 6.54 Å². The van der Waals surface area contributed by atoms with Gasteiger partial charge in [-0.15, -0.1) is 10.2 Å². The SMILES string of the molecule is Cc1cc(-c2cc3c(n(C)c2=O)CCN(Cc2ccc(Sc4nncn4C)o2)C3)ccc1F. The second-order valence-electron chi connectivity index (χ2n) is 8.37. The first-order valence-electron chi connectivity index (χ1n) is 10.7. The molecular formula is C24H24FN5O2S. The molecule has 0 amide bonds. The van der Waals surface area contributed by atoms with Crippen LogP contribution < -0.4 is 5.56 Å². The third kappa shape index (κ3) is 4.26. The highest BCUT2D eigenvalue weighted by atomic mass is 32.2. The Morgan fingerprint density at radius 1 is 1.18 bits per heavy atom. The lowest BCUT2D eigenvalue weighted by Gasteiger charge is -2.29. The molecule has 0 aliphatic carbocycles. The molecule has 0 bridgehead atoms. The van der Waals surface area contributed by atoms with Gasteiger partial charge in [-0.2, -0.15) is 0 Å². The first-order valence-corrected chi connectivity index (χ1v) is 11.5. The maximum atomic E-state index is 13.7. The molecule has 1 aliphatic heterocycles. The Morgan fingerprint density at radius 3 is 2.79 bits per heavy atom. The highest BCUT2D eigenvalue weighted by Crippen LogP contribution is 2.29. The Labute approximate surface area is 194 Å². The standard InChI is InChI=1S/C24H24FN5O2S/c1-15-10-16(4-6-20(15)25)19-11-17-12-30(9-8-21(17)29(3)23(19)31)13-18-5-7-22(32-18)33-24-27-26-14-28(24)2/h4-7,10-11,14H,8-9,12-13H2,1-3H3. The molecule has 170 valence electrons. The summed E-state index contributed by atoms with van der Waals surface area (Å²) in [7, 11) is 3.71. The Balaban J connectivity index is 1.36. The second kappa shape index (κ2) is 8.64. The van der Waals surface area contributed by atoms with E-state index in [0.717, 1.165) is 45.8 Å². The summed E-state index contributed by atoms with van der Waals surface area (Å²) in [4.78, 5) is 15.3. The zero-order valence-electron chi connectivity index (χ0n) is 18.7. The van der Waals surface area contributed by atoms with Crippen molar-refractivity contribution in [3.63, 3.8) is 0 Å². The predicted octanol–water partition coefficient (Wildman–Crippen LogP) is 3.93. The molecule has 0 fully saturated rings. The molecule has 9 heteroatoms. The van der Waals surface area contributed by atoms with Crippen LogP contribution in [0.15, 0.2) is 62.2 Å². The van der Waals surface area contributed by atoms with Gasteiger partial charge >= 0.3 is 0 Å². The van der Waals surface area contributed by atoms with Crippen LogP contribution >= 0.6 is 11.8 Å². The minimum atomic E-state index is -0.269. The van der Waals surface area contributed by atoms with Crippen molar-refractivity contribution in [2.45, 2.75) is 36.7 Å². The van der Waals surface area contributed by atoms with E-state index in [0.29, 0.717) is 24.2 Å². The van der Waals surface area contributed by atoms with E-state index in [-0.39, 0.29) is 11.4 Å². The van der Waals surface area contributed by atoms with Crippen LogP contribution in [0, 0.1) is 12.7 Å². The number of nitrogens with zero attached hydrogens (tertiary/aromatic N) is 5. The number of hydrogen-bond donors (Lipinski definition) is 0. The molecule has 0 radical (unpaired) electrons. The maximum absolute atomic E-state index is 13.7. The second-order valence-corrected chi connectivity index (χ2v) is 9.34. The van der Waals surface area contributed by atoms with Crippen molar-refractivity contribution in [1.29, 1.82) is 0 Å². The van der Waals surface area contributed by atoms with Crippen molar-refractivity contribution in [2.24, 2.45) is 14.1 Å². The molecule has 0 atom stereocenters. The van der Waals surface area contributed by atoms with Gasteiger partial charge in [0.15, 0.2) is 10.2 Å². The van der Waals surface area contributed by atoms with Gasteiger partial charge in [-0.3, -0.25) is 9.69 Å². The van der Waals surface area contributed by atoms with Crippen molar-refractivity contribution < 1.29 is 8.81 Å². The normalized spacial score (nSPS) is 13.9. The molecule has 4 heterocycles. The predicted molar refractivity (Wildman–Crippen MR) is 123 cm³/mol. The molecule has 0 spiro atoms. The van der Waals surface area contributed by atoms with Crippen LogP contribution in [0.3, 0.4) is 0 Å². The third-order valence-electron chi connectivity index (χ3n) is 6.04. The van der Waals surface area contributed by atoms with Gasteiger partial charge in [-0.1, -0.05) is 6.07 Å². The van der Waals surface area contributed by atoms with Gasteiger partial charge in [0.1, 0.15) is 17.9 Å². The molecule has 1 aliphatic rings. The topological polar surface area (TPSA) is 69.1 Å². The number of benzene rings is 1. The van der Waals surface area contributed by atoms with Crippen LogP contribution in [0.5, 0.6) is 0 Å². The molecule has 1 aromatic carbocycles. The van der Waals surface area contributed by atoms with Gasteiger partial charge in [-0.05, 0) is 65.7 Å². The van der Waals surface area contributed by atoms with E-state index in [1.54, 1.807) is 30.0 Å². The first-order chi connectivity index (χ1) is 15.9. The Hall–Kier alpha value is -3.17. The summed E-state index contributed by atoms with van der Waals surface area (Å²) in [6.07, 6.45) is 2.44. The molecule has 0 N–H and O–H groups in total. The smallest absolute Gasteiger partial charge is 0.258 e. The average molecular weight is 466 g/mol. The summed E-state index contributed by atoms with van der Waals surface area (Å²) >= 11 is 1.44. The highest BCUT2D eigenvalue weighted by Gasteiger charge is 2.22. The van der Waals surface area contributed by atoms with E-state index in [2.05, 4.69) is 15.1 Å². The number of fused-ring (bicyclic) bond motifs is 1. The van der Waals surface area contributed by atoms with E-state index in [9.17, 15) is 9.18 Å². The quantitative estimate of drug-likeness (QED) is 0.445. The molecule has 0 saturated carbocycles.